The number of methoxy groups -OCH3 is 3. The summed E-state index contributed by atoms with van der Waals surface area (Å²) in [6, 6.07) is 32.6. The third kappa shape index (κ3) is 4.64. The second-order valence-electron chi connectivity index (χ2n) is 10.4. The van der Waals surface area contributed by atoms with E-state index < -0.39 is 0 Å². The largest absolute Gasteiger partial charge is 0.497 e. The maximum Gasteiger partial charge on any atom is 0.229 e. The number of ether oxygens (including phenoxy) is 3. The third-order valence-corrected chi connectivity index (χ3v) is 8.34. The number of likely N-dealkylation sites (tertiary alicyclic amines) is 1. The highest BCUT2D eigenvalue weighted by atomic mass is 16.5. The average molecular weight is 535 g/mol. The Kier molecular flexibility index (Phi) is 7.08. The van der Waals surface area contributed by atoms with Crippen molar-refractivity contribution in [2.24, 2.45) is 5.92 Å². The molecule has 2 aliphatic rings. The van der Waals surface area contributed by atoms with Crippen LogP contribution in [0, 0.1) is 5.92 Å². The van der Waals surface area contributed by atoms with Crippen LogP contribution in [0.2, 0.25) is 0 Å². The quantitative estimate of drug-likeness (QED) is 0.305. The normalized spacial score (nSPS) is 21.3. The molecule has 40 heavy (non-hydrogen) atoms. The number of rotatable bonds is 8. The van der Waals surface area contributed by atoms with Crippen molar-refractivity contribution >= 4 is 11.6 Å². The van der Waals surface area contributed by atoms with Crippen LogP contribution in [0.5, 0.6) is 17.2 Å². The van der Waals surface area contributed by atoms with Crippen molar-refractivity contribution in [1.82, 2.24) is 4.90 Å². The molecule has 0 aliphatic carbocycles. The zero-order chi connectivity index (χ0) is 27.6. The highest BCUT2D eigenvalue weighted by molar-refractivity contribution is 5.87. The molecule has 0 aromatic heterocycles. The van der Waals surface area contributed by atoms with Crippen LogP contribution in [0.4, 0.5) is 5.69 Å². The summed E-state index contributed by atoms with van der Waals surface area (Å²) >= 11 is 0. The Labute approximate surface area is 235 Å². The van der Waals surface area contributed by atoms with Gasteiger partial charge in [-0.1, -0.05) is 60.7 Å². The monoisotopic (exact) mass is 534 g/mol. The lowest BCUT2D eigenvalue weighted by atomic mass is 9.73. The Balaban J connectivity index is 1.45. The molecule has 6 rings (SSSR count). The van der Waals surface area contributed by atoms with Crippen LogP contribution in [-0.4, -0.2) is 44.2 Å². The molecule has 0 saturated carbocycles. The molecule has 6 heteroatoms. The SMILES string of the molecule is COc1ccc(C2c3ccccc3NC3C2C(=O)N(Cc2ccc(OC)cc2OC)C3Cc2ccccc2)cc1. The van der Waals surface area contributed by atoms with Gasteiger partial charge in [0, 0.05) is 29.8 Å². The Bertz CT molecular complexity index is 1490. The first kappa shape index (κ1) is 25.8. The highest BCUT2D eigenvalue weighted by Crippen LogP contribution is 2.49. The zero-order valence-electron chi connectivity index (χ0n) is 23.0. The molecule has 204 valence electrons. The lowest BCUT2D eigenvalue weighted by Crippen LogP contribution is -2.44. The topological polar surface area (TPSA) is 60.0 Å². The van der Waals surface area contributed by atoms with Gasteiger partial charge in [0.25, 0.3) is 0 Å². The van der Waals surface area contributed by atoms with Gasteiger partial charge >= 0.3 is 0 Å². The Morgan fingerprint density at radius 3 is 2.20 bits per heavy atom. The van der Waals surface area contributed by atoms with Gasteiger partial charge in [-0.3, -0.25) is 4.79 Å². The molecule has 4 unspecified atom stereocenters. The van der Waals surface area contributed by atoms with E-state index in [0.717, 1.165) is 40.3 Å². The van der Waals surface area contributed by atoms with Crippen LogP contribution in [0.15, 0.2) is 97.1 Å². The number of nitrogens with one attached hydrogen (secondary N) is 1. The highest BCUT2D eigenvalue weighted by Gasteiger charge is 2.54. The first-order valence-corrected chi connectivity index (χ1v) is 13.7. The molecule has 0 radical (unpaired) electrons. The summed E-state index contributed by atoms with van der Waals surface area (Å²) in [5.74, 6) is 2.04. The standard InChI is InChI=1S/C34H34N2O4/c1-38-25-16-13-23(14-17-25)31-27-11-7-8-12-28(27)35-33-29(19-22-9-5-4-6-10-22)36(34(37)32(31)33)21-24-15-18-26(39-2)20-30(24)40-3/h4-18,20,29,31-33,35H,19,21H2,1-3H3. The number of carbonyl (C=O) groups excluding carboxylic acids is 1. The molecule has 4 aromatic carbocycles. The number of hydrogen-bond donors (Lipinski definition) is 1. The molecule has 2 aliphatic heterocycles. The van der Waals surface area contributed by atoms with Gasteiger partial charge in [0.15, 0.2) is 0 Å². The molecule has 0 spiro atoms. The minimum Gasteiger partial charge on any atom is -0.497 e. The molecular formula is C34H34N2O4. The third-order valence-electron chi connectivity index (χ3n) is 8.34. The van der Waals surface area contributed by atoms with Crippen molar-refractivity contribution in [3.05, 3.63) is 119 Å². The lowest BCUT2D eigenvalue weighted by molar-refractivity contribution is -0.133. The second kappa shape index (κ2) is 11.0. The van der Waals surface area contributed by atoms with Crippen LogP contribution in [-0.2, 0) is 17.8 Å². The number of carbonyl (C=O) groups is 1. The number of nitrogens with zero attached hydrogens (tertiary/aromatic N) is 1. The minimum absolute atomic E-state index is 0.0548. The minimum atomic E-state index is -0.263. The van der Waals surface area contributed by atoms with Gasteiger partial charge in [-0.15, -0.1) is 0 Å². The molecule has 4 atom stereocenters. The number of hydrogen-bond acceptors (Lipinski definition) is 5. The van der Waals surface area contributed by atoms with Gasteiger partial charge in [0.05, 0.1) is 39.3 Å². The Morgan fingerprint density at radius 1 is 0.775 bits per heavy atom. The van der Waals surface area contributed by atoms with Gasteiger partial charge in [0.2, 0.25) is 5.91 Å². The molecule has 1 amide bonds. The van der Waals surface area contributed by atoms with E-state index in [1.165, 1.54) is 5.56 Å². The van der Waals surface area contributed by atoms with Crippen molar-refractivity contribution in [3.63, 3.8) is 0 Å². The molecule has 4 aromatic rings. The van der Waals surface area contributed by atoms with Crippen molar-refractivity contribution in [3.8, 4) is 17.2 Å². The van der Waals surface area contributed by atoms with Gasteiger partial charge in [-0.2, -0.15) is 0 Å². The van der Waals surface area contributed by atoms with Crippen molar-refractivity contribution < 1.29 is 19.0 Å². The van der Waals surface area contributed by atoms with E-state index in [1.807, 2.05) is 36.4 Å². The van der Waals surface area contributed by atoms with E-state index in [1.54, 1.807) is 21.3 Å². The maximum absolute atomic E-state index is 14.6. The maximum atomic E-state index is 14.6. The molecule has 1 fully saturated rings. The molecule has 0 bridgehead atoms. The summed E-state index contributed by atoms with van der Waals surface area (Å²) in [7, 11) is 4.97. The zero-order valence-corrected chi connectivity index (χ0v) is 23.0. The second-order valence-corrected chi connectivity index (χ2v) is 10.4. The van der Waals surface area contributed by atoms with Crippen LogP contribution < -0.4 is 19.5 Å². The summed E-state index contributed by atoms with van der Waals surface area (Å²) in [5.41, 5.74) is 5.49. The van der Waals surface area contributed by atoms with Crippen LogP contribution in [0.1, 0.15) is 28.2 Å². The summed E-state index contributed by atoms with van der Waals surface area (Å²) in [6.07, 6.45) is 0.747. The van der Waals surface area contributed by atoms with Crippen molar-refractivity contribution in [1.29, 1.82) is 0 Å². The van der Waals surface area contributed by atoms with Crippen LogP contribution in [0.3, 0.4) is 0 Å². The summed E-state index contributed by atoms with van der Waals surface area (Å²) in [6.45, 7) is 0.448. The van der Waals surface area contributed by atoms with Gasteiger partial charge in [-0.25, -0.2) is 0 Å². The Morgan fingerprint density at radius 2 is 1.48 bits per heavy atom. The predicted molar refractivity (Wildman–Crippen MR) is 156 cm³/mol. The van der Waals surface area contributed by atoms with Crippen molar-refractivity contribution in [2.45, 2.75) is 31.0 Å². The Hall–Kier alpha value is -4.45. The first-order valence-electron chi connectivity index (χ1n) is 13.7. The van der Waals surface area contributed by atoms with E-state index in [-0.39, 0.29) is 29.8 Å². The number of anilines is 1. The summed E-state index contributed by atoms with van der Waals surface area (Å²) in [4.78, 5) is 16.6. The molecule has 2 heterocycles. The number of benzene rings is 4. The summed E-state index contributed by atoms with van der Waals surface area (Å²) < 4.78 is 16.6. The first-order chi connectivity index (χ1) is 19.6. The smallest absolute Gasteiger partial charge is 0.229 e. The molecule has 1 saturated heterocycles. The van der Waals surface area contributed by atoms with Gasteiger partial charge in [-0.05, 0) is 53.4 Å². The van der Waals surface area contributed by atoms with E-state index in [2.05, 4.69) is 70.9 Å². The number of fused-ring (bicyclic) bond motifs is 2. The van der Waals surface area contributed by atoms with E-state index in [4.69, 9.17) is 14.2 Å². The van der Waals surface area contributed by atoms with Crippen molar-refractivity contribution in [2.75, 3.05) is 26.6 Å². The molecular weight excluding hydrogens is 500 g/mol. The van der Waals surface area contributed by atoms with Crippen LogP contribution in [0.25, 0.3) is 0 Å². The fourth-order valence-corrected chi connectivity index (χ4v) is 6.40. The number of amides is 1. The predicted octanol–water partition coefficient (Wildman–Crippen LogP) is 5.91. The summed E-state index contributed by atoms with van der Waals surface area (Å²) in [5, 5.41) is 3.81. The van der Waals surface area contributed by atoms with E-state index in [0.29, 0.717) is 12.3 Å². The molecule has 1 N–H and O–H groups in total. The fourth-order valence-electron chi connectivity index (χ4n) is 6.40. The molecule has 6 nitrogen and oxygen atoms in total. The number of para-hydroxylation sites is 1. The van der Waals surface area contributed by atoms with Gasteiger partial charge in [0.1, 0.15) is 17.2 Å². The lowest BCUT2D eigenvalue weighted by Gasteiger charge is -2.37. The van der Waals surface area contributed by atoms with Crippen LogP contribution >= 0.6 is 0 Å². The van der Waals surface area contributed by atoms with E-state index >= 15 is 0 Å². The average Bonchev–Trinajstić information content (AvgIpc) is 3.26. The van der Waals surface area contributed by atoms with E-state index in [9.17, 15) is 4.79 Å². The van der Waals surface area contributed by atoms with Gasteiger partial charge < -0.3 is 24.4 Å². The fraction of sp³-hybridized carbons (Fsp3) is 0.265.